The number of hydrogen-bond donors (Lipinski definition) is 2. The summed E-state index contributed by atoms with van der Waals surface area (Å²) in [6.45, 7) is 5.60. The van der Waals surface area contributed by atoms with Crippen molar-refractivity contribution in [2.75, 3.05) is 13.1 Å². The number of carbonyl (C=O) groups excluding carboxylic acids is 2. The van der Waals surface area contributed by atoms with Gasteiger partial charge in [0.15, 0.2) is 11.6 Å². The standard InChI is InChI=1S/C21H21FN4O6S/c1-21(2,3)32-20(28)25-9-8-24-19(27)17-11-14-18(33-17)16(6-7-23-14)31-15-5-4-12(26(29)30)10-13(15)22/h4-7,10-11H,8-9H2,1-3H3,(H,24,27)(H,25,28). The number of non-ortho nitro benzene ring substituents is 1. The molecule has 2 heterocycles. The smallest absolute Gasteiger partial charge is 0.407 e. The zero-order valence-electron chi connectivity index (χ0n) is 18.0. The van der Waals surface area contributed by atoms with Crippen LogP contribution in [0.2, 0.25) is 0 Å². The van der Waals surface area contributed by atoms with Gasteiger partial charge in [-0.05, 0) is 32.9 Å². The molecule has 0 fully saturated rings. The molecule has 0 aliphatic rings. The Balaban J connectivity index is 1.66. The number of ether oxygens (including phenoxy) is 2. The van der Waals surface area contributed by atoms with Crippen molar-refractivity contribution in [3.63, 3.8) is 0 Å². The molecule has 33 heavy (non-hydrogen) atoms. The number of nitro groups is 1. The van der Waals surface area contributed by atoms with Gasteiger partial charge in [-0.15, -0.1) is 11.3 Å². The van der Waals surface area contributed by atoms with Crippen molar-refractivity contribution in [3.8, 4) is 11.5 Å². The Morgan fingerprint density at radius 2 is 1.88 bits per heavy atom. The minimum absolute atomic E-state index is 0.178. The monoisotopic (exact) mass is 476 g/mol. The summed E-state index contributed by atoms with van der Waals surface area (Å²) in [5.41, 5.74) is -0.540. The summed E-state index contributed by atoms with van der Waals surface area (Å²) in [5, 5.41) is 16.0. The van der Waals surface area contributed by atoms with Gasteiger partial charge in [0.1, 0.15) is 11.4 Å². The molecular weight excluding hydrogens is 455 g/mol. The second kappa shape index (κ2) is 9.77. The first-order chi connectivity index (χ1) is 15.5. The van der Waals surface area contributed by atoms with E-state index in [2.05, 4.69) is 15.6 Å². The third-order valence-corrected chi connectivity index (χ3v) is 5.16. The number of pyridine rings is 1. The van der Waals surface area contributed by atoms with Crippen molar-refractivity contribution in [2.45, 2.75) is 26.4 Å². The summed E-state index contributed by atoms with van der Waals surface area (Å²) < 4.78 is 25.4. The topological polar surface area (TPSA) is 133 Å². The second-order valence-corrected chi connectivity index (χ2v) is 8.84. The van der Waals surface area contributed by atoms with Gasteiger partial charge in [-0.2, -0.15) is 0 Å². The molecule has 10 nitrogen and oxygen atoms in total. The third-order valence-electron chi connectivity index (χ3n) is 4.02. The Kier molecular flexibility index (Phi) is 7.07. The molecular formula is C21H21FN4O6S. The Bertz CT molecular complexity index is 1210. The number of nitrogens with one attached hydrogen (secondary N) is 2. The number of alkyl carbamates (subject to hydrolysis) is 1. The average Bonchev–Trinajstić information content (AvgIpc) is 3.16. The highest BCUT2D eigenvalue weighted by molar-refractivity contribution is 7.21. The lowest BCUT2D eigenvalue weighted by Crippen LogP contribution is -2.37. The van der Waals surface area contributed by atoms with E-state index in [1.165, 1.54) is 18.3 Å². The van der Waals surface area contributed by atoms with E-state index in [-0.39, 0.29) is 30.5 Å². The van der Waals surface area contributed by atoms with E-state index in [4.69, 9.17) is 9.47 Å². The van der Waals surface area contributed by atoms with Crippen molar-refractivity contribution in [1.82, 2.24) is 15.6 Å². The number of carbonyl (C=O) groups is 2. The zero-order chi connectivity index (χ0) is 24.2. The number of fused-ring (bicyclic) bond motifs is 1. The highest BCUT2D eigenvalue weighted by Gasteiger charge is 2.18. The molecule has 0 aliphatic carbocycles. The van der Waals surface area contributed by atoms with E-state index in [0.717, 1.165) is 23.5 Å². The number of amides is 2. The predicted molar refractivity (Wildman–Crippen MR) is 119 cm³/mol. The largest absolute Gasteiger partial charge is 0.453 e. The lowest BCUT2D eigenvalue weighted by atomic mass is 10.2. The van der Waals surface area contributed by atoms with Crippen LogP contribution in [0.5, 0.6) is 11.5 Å². The Morgan fingerprint density at radius 3 is 2.55 bits per heavy atom. The van der Waals surface area contributed by atoms with Gasteiger partial charge in [0.2, 0.25) is 0 Å². The highest BCUT2D eigenvalue weighted by atomic mass is 32.1. The van der Waals surface area contributed by atoms with Gasteiger partial charge in [0, 0.05) is 31.4 Å². The maximum atomic E-state index is 14.2. The van der Waals surface area contributed by atoms with Gasteiger partial charge in [-0.3, -0.25) is 19.9 Å². The molecule has 0 atom stereocenters. The van der Waals surface area contributed by atoms with Gasteiger partial charge in [0.05, 0.1) is 26.1 Å². The van der Waals surface area contributed by atoms with Crippen LogP contribution in [0.3, 0.4) is 0 Å². The summed E-state index contributed by atoms with van der Waals surface area (Å²) in [5.74, 6) is -1.21. The number of nitrogens with zero attached hydrogens (tertiary/aromatic N) is 2. The molecule has 2 amide bonds. The van der Waals surface area contributed by atoms with E-state index >= 15 is 0 Å². The third kappa shape index (κ3) is 6.35. The van der Waals surface area contributed by atoms with Crippen molar-refractivity contribution in [1.29, 1.82) is 0 Å². The maximum Gasteiger partial charge on any atom is 0.407 e. The molecule has 174 valence electrons. The van der Waals surface area contributed by atoms with E-state index < -0.39 is 28.1 Å². The molecule has 0 radical (unpaired) electrons. The Hall–Kier alpha value is -3.80. The minimum Gasteiger partial charge on any atom is -0.453 e. The van der Waals surface area contributed by atoms with Crippen LogP contribution in [0.15, 0.2) is 36.5 Å². The van der Waals surface area contributed by atoms with Gasteiger partial charge < -0.3 is 20.1 Å². The van der Waals surface area contributed by atoms with Crippen molar-refractivity contribution < 1.29 is 28.4 Å². The van der Waals surface area contributed by atoms with E-state index in [0.29, 0.717) is 15.1 Å². The first kappa shape index (κ1) is 23.9. The second-order valence-electron chi connectivity index (χ2n) is 7.79. The molecule has 0 saturated carbocycles. The zero-order valence-corrected chi connectivity index (χ0v) is 18.8. The minimum atomic E-state index is -0.888. The van der Waals surface area contributed by atoms with Crippen LogP contribution in [0, 0.1) is 15.9 Å². The molecule has 12 heteroatoms. The number of rotatable bonds is 7. The molecule has 1 aromatic carbocycles. The fourth-order valence-corrected chi connectivity index (χ4v) is 3.64. The van der Waals surface area contributed by atoms with Crippen molar-refractivity contribution >= 4 is 39.2 Å². The highest BCUT2D eigenvalue weighted by Crippen LogP contribution is 2.36. The van der Waals surface area contributed by atoms with E-state index in [1.54, 1.807) is 26.8 Å². The normalized spacial score (nSPS) is 11.2. The fraction of sp³-hybridized carbons (Fsp3) is 0.286. The molecule has 0 spiro atoms. The molecule has 3 aromatic rings. The number of hydrogen-bond acceptors (Lipinski definition) is 8. The van der Waals surface area contributed by atoms with Crippen molar-refractivity contribution in [2.24, 2.45) is 0 Å². The van der Waals surface area contributed by atoms with Gasteiger partial charge in [-0.1, -0.05) is 0 Å². The van der Waals surface area contributed by atoms with Crippen LogP contribution in [0.25, 0.3) is 10.2 Å². The summed E-state index contributed by atoms with van der Waals surface area (Å²) >= 11 is 1.10. The molecule has 3 rings (SSSR count). The number of halogens is 1. The molecule has 0 bridgehead atoms. The van der Waals surface area contributed by atoms with Crippen LogP contribution in [0.1, 0.15) is 30.4 Å². The van der Waals surface area contributed by atoms with Gasteiger partial charge in [0.25, 0.3) is 11.6 Å². The Labute approximate surface area is 191 Å². The molecule has 0 unspecified atom stereocenters. The van der Waals surface area contributed by atoms with Crippen molar-refractivity contribution in [3.05, 3.63) is 57.3 Å². The number of nitro benzene ring substituents is 1. The van der Waals surface area contributed by atoms with Gasteiger partial charge in [-0.25, -0.2) is 9.18 Å². The van der Waals surface area contributed by atoms with E-state index in [1.807, 2.05) is 0 Å². The molecule has 0 saturated heterocycles. The number of benzene rings is 1. The average molecular weight is 476 g/mol. The lowest BCUT2D eigenvalue weighted by Gasteiger charge is -2.19. The van der Waals surface area contributed by atoms with Crippen LogP contribution in [-0.4, -0.2) is 40.6 Å². The van der Waals surface area contributed by atoms with Crippen LogP contribution in [0.4, 0.5) is 14.9 Å². The Morgan fingerprint density at radius 1 is 1.15 bits per heavy atom. The summed E-state index contributed by atoms with van der Waals surface area (Å²) in [6, 6.07) is 6.14. The SMILES string of the molecule is CC(C)(C)OC(=O)NCCNC(=O)c1cc2nccc(Oc3ccc([N+](=O)[O-])cc3F)c2s1. The number of aromatic nitrogens is 1. The maximum absolute atomic E-state index is 14.2. The van der Waals surface area contributed by atoms with E-state index in [9.17, 15) is 24.1 Å². The summed E-state index contributed by atoms with van der Waals surface area (Å²) in [4.78, 5) is 38.7. The lowest BCUT2D eigenvalue weighted by molar-refractivity contribution is -0.385. The predicted octanol–water partition coefficient (Wildman–Crippen LogP) is 4.39. The first-order valence-electron chi connectivity index (χ1n) is 9.79. The molecule has 2 aromatic heterocycles. The van der Waals surface area contributed by atoms with Gasteiger partial charge >= 0.3 is 6.09 Å². The van der Waals surface area contributed by atoms with Crippen LogP contribution in [-0.2, 0) is 4.74 Å². The quantitative estimate of drug-likeness (QED) is 0.293. The summed E-state index contributed by atoms with van der Waals surface area (Å²) in [6.07, 6.45) is 0.864. The first-order valence-corrected chi connectivity index (χ1v) is 10.6. The fourth-order valence-electron chi connectivity index (χ4n) is 2.65. The van der Waals surface area contributed by atoms with Crippen LogP contribution >= 0.6 is 11.3 Å². The molecule has 2 N–H and O–H groups in total. The number of thiophene rings is 1. The van der Waals surface area contributed by atoms with Crippen LogP contribution < -0.4 is 15.4 Å². The summed E-state index contributed by atoms with van der Waals surface area (Å²) in [7, 11) is 0. The molecule has 0 aliphatic heterocycles.